The van der Waals surface area contributed by atoms with Gasteiger partial charge in [0.2, 0.25) is 5.91 Å². The number of fused-ring (bicyclic) bond motifs is 1. The van der Waals surface area contributed by atoms with Gasteiger partial charge in [-0.15, -0.1) is 11.3 Å². The molecule has 1 aromatic heterocycles. The molecule has 3 aromatic rings. The second kappa shape index (κ2) is 7.28. The molecule has 0 bridgehead atoms. The number of amides is 1. The number of rotatable bonds is 5. The van der Waals surface area contributed by atoms with Crippen LogP contribution in [0.2, 0.25) is 0 Å². The number of non-ortho nitro benzene ring substituents is 1. The van der Waals surface area contributed by atoms with Crippen LogP contribution < -0.4 is 0 Å². The molecule has 6 nitrogen and oxygen atoms in total. The summed E-state index contributed by atoms with van der Waals surface area (Å²) in [6.45, 7) is 1.62. The van der Waals surface area contributed by atoms with E-state index in [1.165, 1.54) is 12.1 Å². The van der Waals surface area contributed by atoms with E-state index in [9.17, 15) is 14.9 Å². The van der Waals surface area contributed by atoms with Crippen LogP contribution in [0.5, 0.6) is 0 Å². The Balaban J connectivity index is 1.70. The minimum Gasteiger partial charge on any atom is -0.342 e. The number of thiazole rings is 1. The number of likely N-dealkylation sites (tertiary alicyclic amines) is 1. The molecule has 2 heterocycles. The smallest absolute Gasteiger partial charge is 0.269 e. The predicted octanol–water partition coefficient (Wildman–Crippen LogP) is 4.37. The Morgan fingerprint density at radius 1 is 1.19 bits per heavy atom. The fourth-order valence-electron chi connectivity index (χ4n) is 2.93. The second-order valence-corrected chi connectivity index (χ2v) is 7.45. The Morgan fingerprint density at radius 3 is 2.56 bits per heavy atom. The van der Waals surface area contributed by atoms with E-state index < -0.39 is 4.92 Å². The Morgan fingerprint density at radius 2 is 1.93 bits per heavy atom. The first kappa shape index (κ1) is 17.4. The lowest BCUT2D eigenvalue weighted by Crippen LogP contribution is -2.41. The predicted molar refractivity (Wildman–Crippen MR) is 106 cm³/mol. The minimum absolute atomic E-state index is 0.0466. The van der Waals surface area contributed by atoms with E-state index in [1.807, 2.05) is 35.2 Å². The van der Waals surface area contributed by atoms with E-state index in [0.29, 0.717) is 0 Å². The van der Waals surface area contributed by atoms with Crippen molar-refractivity contribution in [2.75, 3.05) is 13.1 Å². The van der Waals surface area contributed by atoms with Crippen molar-refractivity contribution in [2.24, 2.45) is 0 Å². The maximum Gasteiger partial charge on any atom is 0.269 e. The van der Waals surface area contributed by atoms with Gasteiger partial charge >= 0.3 is 0 Å². The van der Waals surface area contributed by atoms with Gasteiger partial charge in [-0.3, -0.25) is 14.9 Å². The standard InChI is InChI=1S/C20H17N3O3S/c24-19(22-10-3-11-22)13-15(12-14-6-8-16(9-7-14)23(25)26)20-21-17-4-1-2-5-18(17)27-20/h1-2,4-9,12H,3,10-11,13H2. The third kappa shape index (κ3) is 3.73. The SMILES string of the molecule is O=C(CC(=Cc1ccc([N+](=O)[O-])cc1)c1nc2ccccc2s1)N1CCC1. The Hall–Kier alpha value is -3.06. The zero-order chi connectivity index (χ0) is 18.8. The molecule has 1 amide bonds. The lowest BCUT2D eigenvalue weighted by Gasteiger charge is -2.31. The van der Waals surface area contributed by atoms with Crippen molar-refractivity contribution < 1.29 is 9.72 Å². The Bertz CT molecular complexity index is 1000. The largest absolute Gasteiger partial charge is 0.342 e. The van der Waals surface area contributed by atoms with Gasteiger partial charge in [0.05, 0.1) is 21.6 Å². The molecule has 7 heteroatoms. The zero-order valence-electron chi connectivity index (χ0n) is 14.5. The van der Waals surface area contributed by atoms with Crippen molar-refractivity contribution in [1.82, 2.24) is 9.88 Å². The summed E-state index contributed by atoms with van der Waals surface area (Å²) in [6, 6.07) is 14.2. The van der Waals surface area contributed by atoms with E-state index in [-0.39, 0.29) is 18.0 Å². The summed E-state index contributed by atoms with van der Waals surface area (Å²) in [6.07, 6.45) is 3.23. The van der Waals surface area contributed by atoms with Crippen LogP contribution in [0.15, 0.2) is 48.5 Å². The van der Waals surface area contributed by atoms with E-state index in [4.69, 9.17) is 0 Å². The van der Waals surface area contributed by atoms with Crippen LogP contribution in [0.1, 0.15) is 23.4 Å². The van der Waals surface area contributed by atoms with Gasteiger partial charge in [0.25, 0.3) is 5.69 Å². The van der Waals surface area contributed by atoms with Crippen molar-refractivity contribution >= 4 is 44.8 Å². The van der Waals surface area contributed by atoms with Gasteiger partial charge in [-0.25, -0.2) is 4.98 Å². The van der Waals surface area contributed by atoms with E-state index in [1.54, 1.807) is 23.5 Å². The molecule has 0 saturated carbocycles. The summed E-state index contributed by atoms with van der Waals surface area (Å²) >= 11 is 1.55. The number of carbonyl (C=O) groups is 1. The molecule has 0 unspecified atom stereocenters. The average molecular weight is 379 g/mol. The van der Waals surface area contributed by atoms with Crippen LogP contribution in [0, 0.1) is 10.1 Å². The normalized spacial score (nSPS) is 14.2. The fraction of sp³-hybridized carbons (Fsp3) is 0.200. The minimum atomic E-state index is -0.421. The highest BCUT2D eigenvalue weighted by molar-refractivity contribution is 7.19. The molecule has 136 valence electrons. The molecule has 0 radical (unpaired) electrons. The highest BCUT2D eigenvalue weighted by atomic mass is 32.1. The molecule has 1 aliphatic heterocycles. The summed E-state index contributed by atoms with van der Waals surface area (Å²) < 4.78 is 1.07. The van der Waals surface area contributed by atoms with Crippen molar-refractivity contribution in [3.05, 3.63) is 69.2 Å². The molecule has 1 saturated heterocycles. The number of nitrogens with zero attached hydrogens (tertiary/aromatic N) is 3. The first-order valence-electron chi connectivity index (χ1n) is 8.69. The number of benzene rings is 2. The Labute approximate surface area is 159 Å². The van der Waals surface area contributed by atoms with Crippen LogP contribution in [0.3, 0.4) is 0 Å². The molecular formula is C20H17N3O3S. The molecular weight excluding hydrogens is 362 g/mol. The van der Waals surface area contributed by atoms with Gasteiger partial charge in [-0.05, 0) is 47.9 Å². The van der Waals surface area contributed by atoms with Crippen molar-refractivity contribution in [3.8, 4) is 0 Å². The highest BCUT2D eigenvalue weighted by Gasteiger charge is 2.22. The number of hydrogen-bond donors (Lipinski definition) is 0. The number of nitro benzene ring substituents is 1. The van der Waals surface area contributed by atoms with Gasteiger partial charge in [0.15, 0.2) is 0 Å². The van der Waals surface area contributed by atoms with E-state index >= 15 is 0 Å². The second-order valence-electron chi connectivity index (χ2n) is 6.42. The molecule has 4 rings (SSSR count). The van der Waals surface area contributed by atoms with Gasteiger partial charge in [-0.1, -0.05) is 12.1 Å². The molecule has 0 N–H and O–H groups in total. The first-order chi connectivity index (χ1) is 13.1. The first-order valence-corrected chi connectivity index (χ1v) is 9.50. The molecule has 1 fully saturated rings. The molecule has 1 aliphatic rings. The number of hydrogen-bond acceptors (Lipinski definition) is 5. The van der Waals surface area contributed by atoms with Gasteiger partial charge in [-0.2, -0.15) is 0 Å². The molecule has 0 atom stereocenters. The molecule has 27 heavy (non-hydrogen) atoms. The number of aromatic nitrogens is 1. The maximum atomic E-state index is 12.5. The van der Waals surface area contributed by atoms with Gasteiger partial charge < -0.3 is 4.90 Å². The third-order valence-corrected chi connectivity index (χ3v) is 5.68. The monoisotopic (exact) mass is 379 g/mol. The fourth-order valence-corrected chi connectivity index (χ4v) is 3.91. The number of para-hydroxylation sites is 1. The van der Waals surface area contributed by atoms with E-state index in [2.05, 4.69) is 4.98 Å². The highest BCUT2D eigenvalue weighted by Crippen LogP contribution is 2.31. The summed E-state index contributed by atoms with van der Waals surface area (Å²) in [5.41, 5.74) is 2.60. The molecule has 2 aromatic carbocycles. The maximum absolute atomic E-state index is 12.5. The summed E-state index contributed by atoms with van der Waals surface area (Å²) in [4.78, 5) is 29.5. The van der Waals surface area contributed by atoms with Crippen LogP contribution in [0.4, 0.5) is 5.69 Å². The summed E-state index contributed by atoms with van der Waals surface area (Å²) in [7, 11) is 0. The number of carbonyl (C=O) groups excluding carboxylic acids is 1. The van der Waals surface area contributed by atoms with Gasteiger partial charge in [0.1, 0.15) is 5.01 Å². The summed E-state index contributed by atoms with van der Waals surface area (Å²) in [5.74, 6) is 0.0914. The molecule has 0 spiro atoms. The lowest BCUT2D eigenvalue weighted by atomic mass is 10.1. The number of nitro groups is 1. The average Bonchev–Trinajstić information content (AvgIpc) is 3.04. The summed E-state index contributed by atoms with van der Waals surface area (Å²) in [5, 5.41) is 11.7. The third-order valence-electron chi connectivity index (χ3n) is 4.56. The lowest BCUT2D eigenvalue weighted by molar-refractivity contribution is -0.384. The van der Waals surface area contributed by atoms with Crippen molar-refractivity contribution in [2.45, 2.75) is 12.8 Å². The van der Waals surface area contributed by atoms with Crippen LogP contribution >= 0.6 is 11.3 Å². The van der Waals surface area contributed by atoms with Crippen LogP contribution in [0.25, 0.3) is 21.9 Å². The topological polar surface area (TPSA) is 76.3 Å². The quantitative estimate of drug-likeness (QED) is 0.487. The van der Waals surface area contributed by atoms with Crippen molar-refractivity contribution in [1.29, 1.82) is 0 Å². The van der Waals surface area contributed by atoms with E-state index in [0.717, 1.165) is 45.9 Å². The van der Waals surface area contributed by atoms with Crippen LogP contribution in [-0.2, 0) is 4.79 Å². The van der Waals surface area contributed by atoms with Crippen LogP contribution in [-0.4, -0.2) is 33.8 Å². The van der Waals surface area contributed by atoms with Crippen molar-refractivity contribution in [3.63, 3.8) is 0 Å². The van der Waals surface area contributed by atoms with Gasteiger partial charge in [0, 0.05) is 25.2 Å². The zero-order valence-corrected chi connectivity index (χ0v) is 15.3. The molecule has 0 aliphatic carbocycles. The Kier molecular flexibility index (Phi) is 4.68.